The average molecular weight is 331 g/mol. The monoisotopic (exact) mass is 331 g/mol. The SMILES string of the molecule is CC.Cc1noc(C)c1-c1ccc(NC2CCC(O)CC2)c(N)c1. The molecule has 0 atom stereocenters. The molecule has 0 amide bonds. The second-order valence-electron chi connectivity index (χ2n) is 6.15. The summed E-state index contributed by atoms with van der Waals surface area (Å²) in [5.41, 5.74) is 10.8. The van der Waals surface area contributed by atoms with E-state index in [1.54, 1.807) is 0 Å². The number of anilines is 2. The molecule has 1 aliphatic rings. The molecule has 132 valence electrons. The highest BCUT2D eigenvalue weighted by Gasteiger charge is 2.20. The largest absolute Gasteiger partial charge is 0.397 e. The zero-order valence-corrected chi connectivity index (χ0v) is 15.1. The van der Waals surface area contributed by atoms with Gasteiger partial charge in [-0.05, 0) is 57.2 Å². The van der Waals surface area contributed by atoms with Crippen molar-refractivity contribution in [2.45, 2.75) is 65.5 Å². The Hall–Kier alpha value is -2.01. The summed E-state index contributed by atoms with van der Waals surface area (Å²) in [5, 5.41) is 17.1. The molecule has 1 aromatic carbocycles. The molecule has 5 heteroatoms. The fourth-order valence-electron chi connectivity index (χ4n) is 3.18. The van der Waals surface area contributed by atoms with Gasteiger partial charge in [-0.15, -0.1) is 0 Å². The molecule has 4 N–H and O–H groups in total. The predicted molar refractivity (Wildman–Crippen MR) is 99.1 cm³/mol. The van der Waals surface area contributed by atoms with Crippen LogP contribution in [0.15, 0.2) is 22.7 Å². The fourth-order valence-corrected chi connectivity index (χ4v) is 3.18. The number of nitrogens with one attached hydrogen (secondary N) is 1. The van der Waals surface area contributed by atoms with Crippen LogP contribution in [0.3, 0.4) is 0 Å². The Kier molecular flexibility index (Phi) is 6.26. The zero-order valence-electron chi connectivity index (χ0n) is 15.1. The van der Waals surface area contributed by atoms with E-state index < -0.39 is 0 Å². The molecular formula is C19H29N3O2. The third-order valence-electron chi connectivity index (χ3n) is 4.43. The van der Waals surface area contributed by atoms with Crippen molar-refractivity contribution in [3.05, 3.63) is 29.7 Å². The Morgan fingerprint density at radius 3 is 2.38 bits per heavy atom. The maximum Gasteiger partial charge on any atom is 0.141 e. The van der Waals surface area contributed by atoms with E-state index in [2.05, 4.69) is 10.5 Å². The van der Waals surface area contributed by atoms with Gasteiger partial charge in [-0.25, -0.2) is 0 Å². The maximum absolute atomic E-state index is 9.57. The summed E-state index contributed by atoms with van der Waals surface area (Å²) in [6.45, 7) is 7.84. The fraction of sp³-hybridized carbons (Fsp3) is 0.526. The number of nitrogen functional groups attached to an aromatic ring is 1. The van der Waals surface area contributed by atoms with Crippen LogP contribution in [0.5, 0.6) is 0 Å². The normalized spacial score (nSPS) is 20.2. The molecule has 3 rings (SSSR count). The summed E-state index contributed by atoms with van der Waals surface area (Å²) >= 11 is 0. The molecular weight excluding hydrogens is 302 g/mol. The number of aromatic nitrogens is 1. The van der Waals surface area contributed by atoms with Gasteiger partial charge in [0.25, 0.3) is 0 Å². The van der Waals surface area contributed by atoms with Gasteiger partial charge in [0.2, 0.25) is 0 Å². The van der Waals surface area contributed by atoms with Crippen LogP contribution in [0.25, 0.3) is 11.1 Å². The third-order valence-corrected chi connectivity index (χ3v) is 4.43. The Bertz CT molecular complexity index is 639. The molecule has 0 saturated heterocycles. The van der Waals surface area contributed by atoms with E-state index in [4.69, 9.17) is 10.3 Å². The van der Waals surface area contributed by atoms with Crippen molar-refractivity contribution in [3.8, 4) is 11.1 Å². The van der Waals surface area contributed by atoms with Crippen molar-refractivity contribution in [1.82, 2.24) is 5.16 Å². The van der Waals surface area contributed by atoms with Crippen molar-refractivity contribution in [3.63, 3.8) is 0 Å². The van der Waals surface area contributed by atoms with Gasteiger partial charge >= 0.3 is 0 Å². The molecule has 2 aromatic rings. The Balaban J connectivity index is 0.00000100. The number of nitrogens with two attached hydrogens (primary N) is 1. The smallest absolute Gasteiger partial charge is 0.141 e. The van der Waals surface area contributed by atoms with E-state index in [1.165, 1.54) is 0 Å². The van der Waals surface area contributed by atoms with E-state index in [1.807, 2.05) is 45.9 Å². The molecule has 0 aliphatic heterocycles. The number of nitrogens with zero attached hydrogens (tertiary/aromatic N) is 1. The second-order valence-corrected chi connectivity index (χ2v) is 6.15. The molecule has 0 spiro atoms. The summed E-state index contributed by atoms with van der Waals surface area (Å²) in [4.78, 5) is 0. The van der Waals surface area contributed by atoms with Crippen molar-refractivity contribution in [2.75, 3.05) is 11.1 Å². The number of aryl methyl sites for hydroxylation is 2. The number of hydrogen-bond acceptors (Lipinski definition) is 5. The number of aliphatic hydroxyl groups is 1. The number of rotatable bonds is 3. The highest BCUT2D eigenvalue weighted by molar-refractivity contribution is 5.77. The van der Waals surface area contributed by atoms with Crippen LogP contribution in [0.4, 0.5) is 11.4 Å². The lowest BCUT2D eigenvalue weighted by molar-refractivity contribution is 0.126. The molecule has 1 aliphatic carbocycles. The Labute approximate surface area is 144 Å². The Morgan fingerprint density at radius 2 is 1.83 bits per heavy atom. The maximum atomic E-state index is 9.57. The first-order valence-corrected chi connectivity index (χ1v) is 8.82. The van der Waals surface area contributed by atoms with E-state index in [-0.39, 0.29) is 6.10 Å². The van der Waals surface area contributed by atoms with Crippen molar-refractivity contribution in [2.24, 2.45) is 0 Å². The van der Waals surface area contributed by atoms with Gasteiger partial charge in [0, 0.05) is 11.6 Å². The van der Waals surface area contributed by atoms with E-state index in [9.17, 15) is 5.11 Å². The predicted octanol–water partition coefficient (Wildman–Crippen LogP) is 4.28. The van der Waals surface area contributed by atoms with Gasteiger partial charge in [-0.1, -0.05) is 25.1 Å². The van der Waals surface area contributed by atoms with Crippen LogP contribution < -0.4 is 11.1 Å². The minimum atomic E-state index is -0.141. The van der Waals surface area contributed by atoms with Gasteiger partial charge in [0.15, 0.2) is 0 Å². The average Bonchev–Trinajstić information content (AvgIpc) is 2.92. The van der Waals surface area contributed by atoms with Crippen LogP contribution in [0, 0.1) is 13.8 Å². The van der Waals surface area contributed by atoms with Crippen LogP contribution in [0.2, 0.25) is 0 Å². The molecule has 5 nitrogen and oxygen atoms in total. The summed E-state index contributed by atoms with van der Waals surface area (Å²) in [7, 11) is 0. The van der Waals surface area contributed by atoms with Gasteiger partial charge in [-0.3, -0.25) is 0 Å². The first-order chi connectivity index (χ1) is 11.5. The zero-order chi connectivity index (χ0) is 17.7. The number of benzene rings is 1. The minimum Gasteiger partial charge on any atom is -0.397 e. The lowest BCUT2D eigenvalue weighted by Crippen LogP contribution is -2.28. The quantitative estimate of drug-likeness (QED) is 0.731. The van der Waals surface area contributed by atoms with Crippen molar-refractivity contribution < 1.29 is 9.63 Å². The molecule has 0 radical (unpaired) electrons. The first-order valence-electron chi connectivity index (χ1n) is 8.82. The lowest BCUT2D eigenvalue weighted by Gasteiger charge is -2.27. The van der Waals surface area contributed by atoms with Crippen molar-refractivity contribution >= 4 is 11.4 Å². The van der Waals surface area contributed by atoms with Crippen LogP contribution in [0.1, 0.15) is 51.0 Å². The Morgan fingerprint density at radius 1 is 1.17 bits per heavy atom. The summed E-state index contributed by atoms with van der Waals surface area (Å²) in [5.74, 6) is 0.805. The van der Waals surface area contributed by atoms with Gasteiger partial charge in [0.05, 0.1) is 23.2 Å². The molecule has 0 bridgehead atoms. The molecule has 1 fully saturated rings. The standard InChI is InChI=1S/C17H23N3O2.C2H6/c1-10-17(11(2)22-20-10)12-3-8-16(15(18)9-12)19-13-4-6-14(21)7-5-13;1-2/h3,8-9,13-14,19,21H,4-7,18H2,1-2H3;1-2H3. The lowest BCUT2D eigenvalue weighted by atomic mass is 9.93. The summed E-state index contributed by atoms with van der Waals surface area (Å²) < 4.78 is 5.22. The van der Waals surface area contributed by atoms with Gasteiger partial charge in [0.1, 0.15) is 5.76 Å². The van der Waals surface area contributed by atoms with Crippen LogP contribution in [-0.4, -0.2) is 22.4 Å². The number of aliphatic hydroxyl groups excluding tert-OH is 1. The first kappa shape index (κ1) is 18.3. The minimum absolute atomic E-state index is 0.141. The molecule has 1 saturated carbocycles. The summed E-state index contributed by atoms with van der Waals surface area (Å²) in [6, 6.07) is 6.41. The van der Waals surface area contributed by atoms with E-state index in [0.29, 0.717) is 6.04 Å². The third kappa shape index (κ3) is 4.09. The molecule has 1 aromatic heterocycles. The second kappa shape index (κ2) is 8.20. The molecule has 24 heavy (non-hydrogen) atoms. The highest BCUT2D eigenvalue weighted by Crippen LogP contribution is 2.32. The van der Waals surface area contributed by atoms with Gasteiger partial charge in [-0.2, -0.15) is 0 Å². The molecule has 1 heterocycles. The van der Waals surface area contributed by atoms with E-state index in [0.717, 1.165) is 59.6 Å². The summed E-state index contributed by atoms with van der Waals surface area (Å²) in [6.07, 6.45) is 3.53. The van der Waals surface area contributed by atoms with Crippen molar-refractivity contribution in [1.29, 1.82) is 0 Å². The highest BCUT2D eigenvalue weighted by atomic mass is 16.5. The number of hydrogen-bond donors (Lipinski definition) is 3. The topological polar surface area (TPSA) is 84.3 Å². The van der Waals surface area contributed by atoms with E-state index >= 15 is 0 Å². The molecule has 0 unspecified atom stereocenters. The van der Waals surface area contributed by atoms with Gasteiger partial charge < -0.3 is 20.7 Å². The van der Waals surface area contributed by atoms with Crippen LogP contribution >= 0.6 is 0 Å². The van der Waals surface area contributed by atoms with Crippen LogP contribution in [-0.2, 0) is 0 Å².